The van der Waals surface area contributed by atoms with Crippen molar-refractivity contribution in [3.05, 3.63) is 35.0 Å². The molecule has 3 aliphatic rings. The van der Waals surface area contributed by atoms with Crippen molar-refractivity contribution in [2.75, 3.05) is 26.2 Å². The molecule has 3 heterocycles. The van der Waals surface area contributed by atoms with Gasteiger partial charge in [0, 0.05) is 29.7 Å². The van der Waals surface area contributed by atoms with Crippen LogP contribution in [-0.4, -0.2) is 41.6 Å². The van der Waals surface area contributed by atoms with Gasteiger partial charge in [-0.25, -0.2) is 0 Å². The molecule has 1 atom stereocenters. The van der Waals surface area contributed by atoms with Gasteiger partial charge in [-0.05, 0) is 63.1 Å². The highest BCUT2D eigenvalue weighted by molar-refractivity contribution is 5.87. The standard InChI is InChI=1S/C22H29N3O/c1-16-8-9-19-18(14-16)17-6-5-7-20-22(17)25(19)13-12-24(20)21(26)15-23-10-3-2-4-11-23/h8-9,14,20H,2-7,10-13,15H2,1H3/p+1/t20-/m0/s1. The summed E-state index contributed by atoms with van der Waals surface area (Å²) in [5, 5.41) is 1.43. The molecule has 2 aliphatic heterocycles. The third kappa shape index (κ3) is 2.58. The number of nitrogens with zero attached hydrogens (tertiary/aromatic N) is 2. The third-order valence-corrected chi connectivity index (χ3v) is 6.81. The summed E-state index contributed by atoms with van der Waals surface area (Å²) in [4.78, 5) is 16.9. The Morgan fingerprint density at radius 3 is 2.85 bits per heavy atom. The number of fused-ring (bicyclic) bond motifs is 3. The Morgan fingerprint density at radius 1 is 1.15 bits per heavy atom. The van der Waals surface area contributed by atoms with Crippen LogP contribution in [0.1, 0.15) is 55.0 Å². The number of rotatable bonds is 2. The maximum Gasteiger partial charge on any atom is 0.278 e. The molecule has 4 heteroatoms. The topological polar surface area (TPSA) is 29.7 Å². The van der Waals surface area contributed by atoms with E-state index in [1.807, 2.05) is 0 Å². The Bertz CT molecular complexity index is 847. The van der Waals surface area contributed by atoms with Crippen molar-refractivity contribution in [1.82, 2.24) is 9.47 Å². The van der Waals surface area contributed by atoms with Crippen molar-refractivity contribution in [3.63, 3.8) is 0 Å². The van der Waals surface area contributed by atoms with Gasteiger partial charge in [0.1, 0.15) is 0 Å². The number of nitrogens with one attached hydrogen (secondary N) is 1. The van der Waals surface area contributed by atoms with E-state index in [0.29, 0.717) is 18.5 Å². The molecule has 1 N–H and O–H groups in total. The minimum Gasteiger partial charge on any atom is -0.341 e. The molecule has 138 valence electrons. The monoisotopic (exact) mass is 352 g/mol. The third-order valence-electron chi connectivity index (χ3n) is 6.81. The maximum atomic E-state index is 13.1. The van der Waals surface area contributed by atoms with Crippen molar-refractivity contribution in [2.24, 2.45) is 0 Å². The molecule has 0 unspecified atom stereocenters. The fourth-order valence-electron chi connectivity index (χ4n) is 5.56. The molecule has 0 saturated carbocycles. The van der Waals surface area contributed by atoms with Crippen LogP contribution >= 0.6 is 0 Å². The average molecular weight is 353 g/mol. The molecule has 1 amide bonds. The van der Waals surface area contributed by atoms with Crippen molar-refractivity contribution < 1.29 is 9.69 Å². The van der Waals surface area contributed by atoms with E-state index in [2.05, 4.69) is 34.6 Å². The van der Waals surface area contributed by atoms with Crippen LogP contribution in [0.5, 0.6) is 0 Å². The number of hydrogen-bond donors (Lipinski definition) is 1. The second-order valence-electron chi connectivity index (χ2n) is 8.52. The number of aryl methyl sites for hydroxylation is 2. The molecule has 26 heavy (non-hydrogen) atoms. The van der Waals surface area contributed by atoms with Crippen LogP contribution in [0.4, 0.5) is 0 Å². The predicted molar refractivity (Wildman–Crippen MR) is 103 cm³/mol. The van der Waals surface area contributed by atoms with Crippen LogP contribution in [0, 0.1) is 6.92 Å². The van der Waals surface area contributed by atoms with E-state index in [0.717, 1.165) is 25.9 Å². The van der Waals surface area contributed by atoms with Crippen molar-refractivity contribution in [2.45, 2.75) is 58.0 Å². The smallest absolute Gasteiger partial charge is 0.278 e. The zero-order valence-corrected chi connectivity index (χ0v) is 15.9. The average Bonchev–Trinajstić information content (AvgIpc) is 2.98. The van der Waals surface area contributed by atoms with Gasteiger partial charge in [-0.15, -0.1) is 0 Å². The zero-order valence-electron chi connectivity index (χ0n) is 15.9. The summed E-state index contributed by atoms with van der Waals surface area (Å²) in [5.74, 6) is 0.382. The second-order valence-corrected chi connectivity index (χ2v) is 8.52. The maximum absolute atomic E-state index is 13.1. The summed E-state index contributed by atoms with van der Waals surface area (Å²) >= 11 is 0. The highest BCUT2D eigenvalue weighted by Crippen LogP contribution is 2.42. The number of likely N-dealkylation sites (tertiary alicyclic amines) is 1. The first-order valence-corrected chi connectivity index (χ1v) is 10.5. The Morgan fingerprint density at radius 2 is 2.00 bits per heavy atom. The van der Waals surface area contributed by atoms with Crippen LogP contribution in [0.25, 0.3) is 10.9 Å². The van der Waals surface area contributed by atoms with Gasteiger partial charge >= 0.3 is 0 Å². The van der Waals surface area contributed by atoms with Crippen LogP contribution in [0.3, 0.4) is 0 Å². The molecule has 1 aromatic carbocycles. The Hall–Kier alpha value is -1.81. The Labute approximate surface area is 155 Å². The first-order valence-electron chi connectivity index (χ1n) is 10.5. The van der Waals surface area contributed by atoms with E-state index < -0.39 is 0 Å². The highest BCUT2D eigenvalue weighted by Gasteiger charge is 2.37. The van der Waals surface area contributed by atoms with Crippen molar-refractivity contribution >= 4 is 16.8 Å². The summed E-state index contributed by atoms with van der Waals surface area (Å²) in [6.45, 7) is 7.06. The zero-order chi connectivity index (χ0) is 17.7. The molecule has 1 aliphatic carbocycles. The van der Waals surface area contributed by atoms with Crippen molar-refractivity contribution in [3.8, 4) is 0 Å². The van der Waals surface area contributed by atoms with Gasteiger partial charge in [-0.2, -0.15) is 0 Å². The molecular weight excluding hydrogens is 322 g/mol. The number of amides is 1. The lowest BCUT2D eigenvalue weighted by Gasteiger charge is -2.40. The summed E-state index contributed by atoms with van der Waals surface area (Å²) < 4.78 is 2.52. The number of carbonyl (C=O) groups excluding carboxylic acids is 1. The molecule has 2 aromatic rings. The van der Waals surface area contributed by atoms with E-state index in [1.165, 1.54) is 71.4 Å². The Balaban J connectivity index is 1.48. The highest BCUT2D eigenvalue weighted by atomic mass is 16.2. The number of piperidine rings is 1. The van der Waals surface area contributed by atoms with Crippen LogP contribution in [0.2, 0.25) is 0 Å². The second kappa shape index (κ2) is 6.41. The van der Waals surface area contributed by atoms with Gasteiger partial charge in [0.15, 0.2) is 6.54 Å². The lowest BCUT2D eigenvalue weighted by Crippen LogP contribution is -3.13. The molecule has 4 nitrogen and oxygen atoms in total. The summed E-state index contributed by atoms with van der Waals surface area (Å²) in [7, 11) is 0. The molecule has 1 fully saturated rings. The molecule has 0 bridgehead atoms. The van der Waals surface area contributed by atoms with E-state index in [-0.39, 0.29) is 0 Å². The van der Waals surface area contributed by atoms with Gasteiger partial charge in [0.25, 0.3) is 5.91 Å². The van der Waals surface area contributed by atoms with Crippen LogP contribution < -0.4 is 4.90 Å². The molecule has 1 saturated heterocycles. The predicted octanol–water partition coefficient (Wildman–Crippen LogP) is 2.24. The summed E-state index contributed by atoms with van der Waals surface area (Å²) in [6.07, 6.45) is 7.40. The van der Waals surface area contributed by atoms with E-state index in [4.69, 9.17) is 0 Å². The summed E-state index contributed by atoms with van der Waals surface area (Å²) in [5.41, 5.74) is 5.68. The largest absolute Gasteiger partial charge is 0.341 e. The fourth-order valence-corrected chi connectivity index (χ4v) is 5.56. The molecular formula is C22H30N3O+. The van der Waals surface area contributed by atoms with Crippen LogP contribution in [-0.2, 0) is 17.8 Å². The molecule has 0 radical (unpaired) electrons. The van der Waals surface area contributed by atoms with E-state index >= 15 is 0 Å². The molecule has 5 rings (SSSR count). The Kier molecular flexibility index (Phi) is 4.04. The normalized spacial score (nSPS) is 23.3. The summed E-state index contributed by atoms with van der Waals surface area (Å²) in [6, 6.07) is 7.17. The number of benzene rings is 1. The van der Waals surface area contributed by atoms with E-state index in [1.54, 1.807) is 0 Å². The number of carbonyl (C=O) groups is 1. The minimum atomic E-state index is 0.303. The fraction of sp³-hybridized carbons (Fsp3) is 0.591. The number of quaternary nitrogens is 1. The van der Waals surface area contributed by atoms with Gasteiger partial charge in [0.05, 0.1) is 19.1 Å². The van der Waals surface area contributed by atoms with Gasteiger partial charge < -0.3 is 14.4 Å². The SMILES string of the molecule is Cc1ccc2c(c1)c1c3n2CCN(C(=O)C[NH+]2CCCCC2)[C@H]3CCC1. The minimum absolute atomic E-state index is 0.303. The van der Waals surface area contributed by atoms with Crippen molar-refractivity contribution in [1.29, 1.82) is 0 Å². The first-order chi connectivity index (χ1) is 12.7. The first kappa shape index (κ1) is 16.4. The quantitative estimate of drug-likeness (QED) is 0.883. The lowest BCUT2D eigenvalue weighted by atomic mass is 9.89. The van der Waals surface area contributed by atoms with Gasteiger partial charge in [-0.3, -0.25) is 4.79 Å². The van der Waals surface area contributed by atoms with Gasteiger partial charge in [0.2, 0.25) is 0 Å². The number of aromatic nitrogens is 1. The lowest BCUT2D eigenvalue weighted by molar-refractivity contribution is -0.897. The molecule has 1 aromatic heterocycles. The number of hydrogen-bond acceptors (Lipinski definition) is 1. The van der Waals surface area contributed by atoms with E-state index in [9.17, 15) is 4.79 Å². The van der Waals surface area contributed by atoms with Crippen LogP contribution in [0.15, 0.2) is 18.2 Å². The van der Waals surface area contributed by atoms with Gasteiger partial charge in [-0.1, -0.05) is 11.6 Å². The molecule has 0 spiro atoms.